The summed E-state index contributed by atoms with van der Waals surface area (Å²) in [5, 5.41) is 10.7. The van der Waals surface area contributed by atoms with Crippen molar-refractivity contribution in [2.45, 2.75) is 24.3 Å². The van der Waals surface area contributed by atoms with Crippen LogP contribution in [0.5, 0.6) is 0 Å². The van der Waals surface area contributed by atoms with E-state index in [1.807, 2.05) is 49.4 Å². The lowest BCUT2D eigenvalue weighted by Gasteiger charge is -2.30. The number of carbonyl (C=O) groups is 2. The van der Waals surface area contributed by atoms with Crippen LogP contribution in [0.2, 0.25) is 0 Å². The molecule has 1 aliphatic rings. The van der Waals surface area contributed by atoms with Crippen molar-refractivity contribution < 1.29 is 14.0 Å². The van der Waals surface area contributed by atoms with Gasteiger partial charge in [0.25, 0.3) is 5.22 Å². The number of hydrogen-bond acceptors (Lipinski definition) is 6. The zero-order valence-corrected chi connectivity index (χ0v) is 16.2. The molecule has 1 N–H and O–H groups in total. The summed E-state index contributed by atoms with van der Waals surface area (Å²) in [5.41, 5.74) is 3.21. The Morgan fingerprint density at radius 3 is 2.75 bits per heavy atom. The minimum absolute atomic E-state index is 0.0148. The van der Waals surface area contributed by atoms with Gasteiger partial charge >= 0.3 is 0 Å². The van der Waals surface area contributed by atoms with Crippen LogP contribution in [0.1, 0.15) is 12.5 Å². The van der Waals surface area contributed by atoms with Crippen molar-refractivity contribution in [1.82, 2.24) is 10.2 Å². The Labute approximate surface area is 166 Å². The van der Waals surface area contributed by atoms with E-state index in [0.717, 1.165) is 11.1 Å². The summed E-state index contributed by atoms with van der Waals surface area (Å²) in [7, 11) is 0. The normalized spacial score (nSPS) is 14.4. The number of aryl methyl sites for hydroxylation is 1. The zero-order valence-electron chi connectivity index (χ0n) is 15.4. The largest absolute Gasteiger partial charge is 0.411 e. The summed E-state index contributed by atoms with van der Waals surface area (Å²) >= 11 is 1.18. The monoisotopic (exact) mass is 394 g/mol. The first-order valence-corrected chi connectivity index (χ1v) is 9.67. The van der Waals surface area contributed by atoms with E-state index < -0.39 is 5.25 Å². The van der Waals surface area contributed by atoms with Gasteiger partial charge in [0.1, 0.15) is 6.54 Å². The van der Waals surface area contributed by atoms with Crippen molar-refractivity contribution in [1.29, 1.82) is 0 Å². The van der Waals surface area contributed by atoms with Crippen LogP contribution in [0.3, 0.4) is 0 Å². The average Bonchev–Trinajstić information content (AvgIpc) is 3.15. The van der Waals surface area contributed by atoms with Gasteiger partial charge < -0.3 is 9.73 Å². The molecule has 8 heteroatoms. The molecule has 0 saturated heterocycles. The summed E-state index contributed by atoms with van der Waals surface area (Å²) in [6.45, 7) is 3.72. The SMILES string of the molecule is Cc1ccccc1-c1nnc(S[C@H](C)C(=O)N2CC(=O)Nc3ccccc32)o1. The lowest BCUT2D eigenvalue weighted by atomic mass is 10.1. The number of para-hydroxylation sites is 2. The van der Waals surface area contributed by atoms with Gasteiger partial charge in [-0.25, -0.2) is 0 Å². The first-order chi connectivity index (χ1) is 13.5. The molecule has 0 saturated carbocycles. The molecule has 4 rings (SSSR count). The van der Waals surface area contributed by atoms with Gasteiger partial charge in [-0.2, -0.15) is 0 Å². The van der Waals surface area contributed by atoms with E-state index in [1.54, 1.807) is 13.0 Å². The van der Waals surface area contributed by atoms with Crippen LogP contribution >= 0.6 is 11.8 Å². The molecule has 1 aliphatic heterocycles. The van der Waals surface area contributed by atoms with Gasteiger partial charge in [0.2, 0.25) is 17.7 Å². The summed E-state index contributed by atoms with van der Waals surface area (Å²) in [4.78, 5) is 26.4. The molecule has 2 amide bonds. The van der Waals surface area contributed by atoms with Gasteiger partial charge in [0.05, 0.1) is 16.6 Å². The Balaban J connectivity index is 1.52. The molecule has 2 heterocycles. The van der Waals surface area contributed by atoms with E-state index in [4.69, 9.17) is 4.42 Å². The quantitative estimate of drug-likeness (QED) is 0.681. The number of amides is 2. The van der Waals surface area contributed by atoms with Gasteiger partial charge in [-0.1, -0.05) is 42.1 Å². The fraction of sp³-hybridized carbons (Fsp3) is 0.200. The predicted molar refractivity (Wildman–Crippen MR) is 107 cm³/mol. The predicted octanol–water partition coefficient (Wildman–Crippen LogP) is 3.51. The Kier molecular flexibility index (Phi) is 4.87. The molecule has 7 nitrogen and oxygen atoms in total. The average molecular weight is 394 g/mol. The molecule has 0 spiro atoms. The number of thioether (sulfide) groups is 1. The van der Waals surface area contributed by atoms with Crippen LogP contribution in [0.15, 0.2) is 58.2 Å². The molecule has 0 bridgehead atoms. The molecule has 0 aliphatic carbocycles. The number of fused-ring (bicyclic) bond motifs is 1. The lowest BCUT2D eigenvalue weighted by Crippen LogP contribution is -2.45. The summed E-state index contributed by atoms with van der Waals surface area (Å²) < 4.78 is 5.74. The molecule has 0 fully saturated rings. The molecule has 28 heavy (non-hydrogen) atoms. The van der Waals surface area contributed by atoms with Crippen molar-refractivity contribution in [2.75, 3.05) is 16.8 Å². The molecule has 1 aromatic heterocycles. The number of carbonyl (C=O) groups excluding carboxylic acids is 2. The minimum Gasteiger partial charge on any atom is -0.411 e. The second-order valence-corrected chi connectivity index (χ2v) is 7.73. The van der Waals surface area contributed by atoms with Crippen molar-refractivity contribution in [3.8, 4) is 11.5 Å². The topological polar surface area (TPSA) is 88.3 Å². The third kappa shape index (κ3) is 3.50. The Morgan fingerprint density at radius 2 is 1.93 bits per heavy atom. The van der Waals surface area contributed by atoms with Crippen molar-refractivity contribution in [3.05, 3.63) is 54.1 Å². The number of aromatic nitrogens is 2. The first-order valence-electron chi connectivity index (χ1n) is 8.79. The number of nitrogens with zero attached hydrogens (tertiary/aromatic N) is 3. The second kappa shape index (κ2) is 7.47. The molecule has 1 atom stereocenters. The lowest BCUT2D eigenvalue weighted by molar-refractivity contribution is -0.121. The second-order valence-electron chi connectivity index (χ2n) is 6.44. The number of anilines is 2. The Hall–Kier alpha value is -3.13. The highest BCUT2D eigenvalue weighted by molar-refractivity contribution is 8.00. The summed E-state index contributed by atoms with van der Waals surface area (Å²) in [6.07, 6.45) is 0. The first kappa shape index (κ1) is 18.2. The Morgan fingerprint density at radius 1 is 1.18 bits per heavy atom. The molecular formula is C20H18N4O3S. The van der Waals surface area contributed by atoms with Gasteiger partial charge in [0, 0.05) is 5.56 Å². The van der Waals surface area contributed by atoms with E-state index in [2.05, 4.69) is 15.5 Å². The fourth-order valence-electron chi connectivity index (χ4n) is 3.03. The molecule has 0 radical (unpaired) electrons. The standard InChI is InChI=1S/C20H18N4O3S/c1-12-7-3-4-8-14(12)18-22-23-20(27-18)28-13(2)19(26)24-11-17(25)21-15-9-5-6-10-16(15)24/h3-10,13H,11H2,1-2H3,(H,21,25)/t13-/m1/s1. The van der Waals surface area contributed by atoms with Crippen LogP contribution < -0.4 is 10.2 Å². The maximum absolute atomic E-state index is 13.0. The molecule has 142 valence electrons. The van der Waals surface area contributed by atoms with E-state index in [1.165, 1.54) is 16.7 Å². The fourth-order valence-corrected chi connectivity index (χ4v) is 3.78. The van der Waals surface area contributed by atoms with E-state index >= 15 is 0 Å². The van der Waals surface area contributed by atoms with Gasteiger partial charge in [-0.3, -0.25) is 14.5 Å². The summed E-state index contributed by atoms with van der Waals surface area (Å²) in [6, 6.07) is 15.0. The highest BCUT2D eigenvalue weighted by atomic mass is 32.2. The summed E-state index contributed by atoms with van der Waals surface area (Å²) in [5.74, 6) is 0.00904. The van der Waals surface area contributed by atoms with Gasteiger partial charge in [-0.15, -0.1) is 10.2 Å². The maximum Gasteiger partial charge on any atom is 0.277 e. The maximum atomic E-state index is 13.0. The van der Waals surface area contributed by atoms with E-state index in [-0.39, 0.29) is 18.4 Å². The van der Waals surface area contributed by atoms with Gasteiger partial charge in [0.15, 0.2) is 0 Å². The number of rotatable bonds is 4. The number of benzene rings is 2. The van der Waals surface area contributed by atoms with E-state index in [0.29, 0.717) is 22.5 Å². The molecular weight excluding hydrogens is 376 g/mol. The third-order valence-electron chi connectivity index (χ3n) is 4.44. The highest BCUT2D eigenvalue weighted by Crippen LogP contribution is 2.33. The number of hydrogen-bond donors (Lipinski definition) is 1. The zero-order chi connectivity index (χ0) is 19.7. The van der Waals surface area contributed by atoms with Crippen LogP contribution in [0, 0.1) is 6.92 Å². The van der Waals surface area contributed by atoms with Crippen LogP contribution in [-0.4, -0.2) is 33.8 Å². The van der Waals surface area contributed by atoms with E-state index in [9.17, 15) is 9.59 Å². The highest BCUT2D eigenvalue weighted by Gasteiger charge is 2.31. The van der Waals surface area contributed by atoms with Crippen molar-refractivity contribution >= 4 is 35.0 Å². The smallest absolute Gasteiger partial charge is 0.277 e. The van der Waals surface area contributed by atoms with Gasteiger partial charge in [-0.05, 0) is 37.6 Å². The Bertz CT molecular complexity index is 1050. The molecule has 0 unspecified atom stereocenters. The van der Waals surface area contributed by atoms with Crippen molar-refractivity contribution in [2.24, 2.45) is 0 Å². The molecule has 2 aromatic carbocycles. The number of nitrogens with one attached hydrogen (secondary N) is 1. The van der Waals surface area contributed by atoms with Crippen LogP contribution in [0.25, 0.3) is 11.5 Å². The minimum atomic E-state index is -0.496. The van der Waals surface area contributed by atoms with Crippen molar-refractivity contribution in [3.63, 3.8) is 0 Å². The third-order valence-corrected chi connectivity index (χ3v) is 5.37. The van der Waals surface area contributed by atoms with Crippen LogP contribution in [0.4, 0.5) is 11.4 Å². The van der Waals surface area contributed by atoms with Crippen LogP contribution in [-0.2, 0) is 9.59 Å². The molecule has 3 aromatic rings.